The first kappa shape index (κ1) is 13.0. The third kappa shape index (κ3) is 4.51. The lowest BCUT2D eigenvalue weighted by molar-refractivity contribution is -0.137. The molecule has 0 amide bonds. The molecule has 0 unspecified atom stereocenters. The van der Waals surface area contributed by atoms with Gasteiger partial charge in [0, 0.05) is 12.0 Å². The Morgan fingerprint density at radius 3 is 2.47 bits per heavy atom. The molecule has 4 nitrogen and oxygen atoms in total. The fraction of sp³-hybridized carbons (Fsp3) is 0.231. The molecular weight excluding hydrogens is 220 g/mol. The highest BCUT2D eigenvalue weighted by molar-refractivity contribution is 5.92. The molecule has 0 saturated carbocycles. The molecule has 0 aliphatic heterocycles. The molecule has 90 valence electrons. The summed E-state index contributed by atoms with van der Waals surface area (Å²) >= 11 is 0. The number of aryl methyl sites for hydroxylation is 1. The van der Waals surface area contributed by atoms with Crippen LogP contribution >= 0.6 is 0 Å². The van der Waals surface area contributed by atoms with Gasteiger partial charge in [-0.25, -0.2) is 4.79 Å². The lowest BCUT2D eigenvalue weighted by Crippen LogP contribution is -2.04. The third-order valence-corrected chi connectivity index (χ3v) is 2.27. The molecule has 1 aromatic carbocycles. The molecule has 0 aliphatic carbocycles. The third-order valence-electron chi connectivity index (χ3n) is 2.27. The van der Waals surface area contributed by atoms with E-state index >= 15 is 0 Å². The fourth-order valence-corrected chi connectivity index (χ4v) is 1.44. The van der Waals surface area contributed by atoms with Crippen molar-refractivity contribution < 1.29 is 19.8 Å². The van der Waals surface area contributed by atoms with E-state index in [0.29, 0.717) is 0 Å². The summed E-state index contributed by atoms with van der Waals surface area (Å²) in [5, 5.41) is 17.5. The highest BCUT2D eigenvalue weighted by Gasteiger charge is 2.09. The van der Waals surface area contributed by atoms with Crippen LogP contribution in [-0.2, 0) is 9.59 Å². The molecule has 1 rings (SSSR count). The zero-order chi connectivity index (χ0) is 12.8. The van der Waals surface area contributed by atoms with Crippen LogP contribution in [0.15, 0.2) is 29.8 Å². The lowest BCUT2D eigenvalue weighted by Gasteiger charge is -2.01. The Balaban J connectivity index is 2.90. The first-order chi connectivity index (χ1) is 7.99. The van der Waals surface area contributed by atoms with Crippen molar-refractivity contribution in [3.8, 4) is 0 Å². The second-order valence-electron chi connectivity index (χ2n) is 3.78. The quantitative estimate of drug-likeness (QED) is 0.767. The number of hydrogen-bond acceptors (Lipinski definition) is 2. The van der Waals surface area contributed by atoms with E-state index in [-0.39, 0.29) is 18.4 Å². The fourth-order valence-electron chi connectivity index (χ4n) is 1.44. The molecule has 1 aromatic rings. The van der Waals surface area contributed by atoms with Crippen LogP contribution in [0.1, 0.15) is 24.0 Å². The Labute approximate surface area is 99.2 Å². The molecule has 0 fully saturated rings. The van der Waals surface area contributed by atoms with Crippen molar-refractivity contribution in [2.24, 2.45) is 0 Å². The van der Waals surface area contributed by atoms with Gasteiger partial charge in [-0.1, -0.05) is 29.8 Å². The van der Waals surface area contributed by atoms with Gasteiger partial charge in [-0.2, -0.15) is 0 Å². The van der Waals surface area contributed by atoms with Crippen LogP contribution in [0.5, 0.6) is 0 Å². The van der Waals surface area contributed by atoms with Gasteiger partial charge in [0.2, 0.25) is 0 Å². The summed E-state index contributed by atoms with van der Waals surface area (Å²) in [4.78, 5) is 21.4. The number of aliphatic carboxylic acids is 2. The summed E-state index contributed by atoms with van der Waals surface area (Å²) in [6.45, 7) is 1.91. The van der Waals surface area contributed by atoms with E-state index in [1.165, 1.54) is 6.08 Å². The van der Waals surface area contributed by atoms with E-state index in [4.69, 9.17) is 10.2 Å². The second-order valence-corrected chi connectivity index (χ2v) is 3.78. The van der Waals surface area contributed by atoms with E-state index in [9.17, 15) is 9.59 Å². The van der Waals surface area contributed by atoms with Crippen molar-refractivity contribution in [3.63, 3.8) is 0 Å². The first-order valence-electron chi connectivity index (χ1n) is 5.21. The maximum Gasteiger partial charge on any atom is 0.331 e. The Kier molecular flexibility index (Phi) is 4.46. The number of benzene rings is 1. The van der Waals surface area contributed by atoms with Crippen molar-refractivity contribution in [3.05, 3.63) is 41.0 Å². The zero-order valence-electron chi connectivity index (χ0n) is 9.51. The summed E-state index contributed by atoms with van der Waals surface area (Å²) in [7, 11) is 0. The van der Waals surface area contributed by atoms with E-state index in [0.717, 1.165) is 11.1 Å². The molecule has 0 bridgehead atoms. The minimum atomic E-state index is -1.08. The van der Waals surface area contributed by atoms with E-state index in [2.05, 4.69) is 0 Å². The largest absolute Gasteiger partial charge is 0.481 e. The molecule has 0 radical (unpaired) electrons. The smallest absolute Gasteiger partial charge is 0.331 e. The van der Waals surface area contributed by atoms with Crippen molar-refractivity contribution in [1.29, 1.82) is 0 Å². The van der Waals surface area contributed by atoms with Crippen LogP contribution in [0, 0.1) is 6.92 Å². The van der Waals surface area contributed by atoms with Crippen molar-refractivity contribution >= 4 is 18.0 Å². The molecular formula is C13H14O4. The second kappa shape index (κ2) is 5.84. The van der Waals surface area contributed by atoms with Crippen molar-refractivity contribution in [2.45, 2.75) is 19.8 Å². The van der Waals surface area contributed by atoms with Gasteiger partial charge in [0.1, 0.15) is 0 Å². The zero-order valence-corrected chi connectivity index (χ0v) is 9.51. The average Bonchev–Trinajstić information content (AvgIpc) is 2.23. The van der Waals surface area contributed by atoms with Crippen LogP contribution in [-0.4, -0.2) is 22.2 Å². The molecule has 17 heavy (non-hydrogen) atoms. The van der Waals surface area contributed by atoms with Crippen molar-refractivity contribution in [1.82, 2.24) is 0 Å². The van der Waals surface area contributed by atoms with Gasteiger partial charge < -0.3 is 10.2 Å². The van der Waals surface area contributed by atoms with Gasteiger partial charge in [-0.15, -0.1) is 0 Å². The summed E-state index contributed by atoms with van der Waals surface area (Å²) in [6.07, 6.45) is 1.36. The lowest BCUT2D eigenvalue weighted by atomic mass is 10.0. The maximum absolute atomic E-state index is 10.9. The molecule has 0 aliphatic rings. The molecule has 0 aromatic heterocycles. The summed E-state index contributed by atoms with van der Waals surface area (Å²) in [5.41, 5.74) is 1.91. The molecule has 0 heterocycles. The van der Waals surface area contributed by atoms with Crippen molar-refractivity contribution in [2.75, 3.05) is 0 Å². The topological polar surface area (TPSA) is 74.6 Å². The Morgan fingerprint density at radius 1 is 1.24 bits per heavy atom. The summed E-state index contributed by atoms with van der Waals surface area (Å²) < 4.78 is 0. The number of hydrogen-bond donors (Lipinski definition) is 2. The summed E-state index contributed by atoms with van der Waals surface area (Å²) in [6, 6.07) is 7.38. The van der Waals surface area contributed by atoms with Gasteiger partial charge >= 0.3 is 11.9 Å². The maximum atomic E-state index is 10.9. The van der Waals surface area contributed by atoms with Gasteiger partial charge in [-0.05, 0) is 25.0 Å². The standard InChI is InChI=1S/C13H14O4/c1-9-3-2-4-10(7-9)8-11(13(16)17)5-6-12(14)15/h2-4,7-8H,5-6H2,1H3,(H,14,15)(H,16,17)/b11-8+. The Hall–Kier alpha value is -2.10. The minimum absolute atomic E-state index is 0.0264. The Bertz CT molecular complexity index is 460. The van der Waals surface area contributed by atoms with Crippen LogP contribution < -0.4 is 0 Å². The normalized spacial score (nSPS) is 11.2. The van der Waals surface area contributed by atoms with Crippen LogP contribution in [0.4, 0.5) is 0 Å². The van der Waals surface area contributed by atoms with E-state index in [1.807, 2.05) is 25.1 Å². The molecule has 0 spiro atoms. The molecule has 2 N–H and O–H groups in total. The predicted octanol–water partition coefficient (Wildman–Crippen LogP) is 2.33. The summed E-state index contributed by atoms with van der Waals surface area (Å²) in [5.74, 6) is -2.07. The minimum Gasteiger partial charge on any atom is -0.481 e. The monoisotopic (exact) mass is 234 g/mol. The van der Waals surface area contributed by atoms with Gasteiger partial charge in [-0.3, -0.25) is 4.79 Å². The van der Waals surface area contributed by atoms with Crippen LogP contribution in [0.25, 0.3) is 6.08 Å². The number of carboxylic acid groups (broad SMARTS) is 2. The average molecular weight is 234 g/mol. The molecule has 4 heteroatoms. The van der Waals surface area contributed by atoms with Crippen LogP contribution in [0.3, 0.4) is 0 Å². The number of carboxylic acids is 2. The first-order valence-corrected chi connectivity index (χ1v) is 5.21. The van der Waals surface area contributed by atoms with Crippen LogP contribution in [0.2, 0.25) is 0 Å². The van der Waals surface area contributed by atoms with Gasteiger partial charge in [0.05, 0.1) is 0 Å². The predicted molar refractivity (Wildman–Crippen MR) is 63.7 cm³/mol. The van der Waals surface area contributed by atoms with Gasteiger partial charge in [0.25, 0.3) is 0 Å². The van der Waals surface area contributed by atoms with E-state index < -0.39 is 11.9 Å². The van der Waals surface area contributed by atoms with Gasteiger partial charge in [0.15, 0.2) is 0 Å². The molecule has 0 saturated heterocycles. The number of rotatable bonds is 5. The number of carbonyl (C=O) groups is 2. The highest BCUT2D eigenvalue weighted by Crippen LogP contribution is 2.13. The van der Waals surface area contributed by atoms with E-state index in [1.54, 1.807) is 6.07 Å². The highest BCUT2D eigenvalue weighted by atomic mass is 16.4. The molecule has 0 atom stereocenters. The Morgan fingerprint density at radius 2 is 1.94 bits per heavy atom. The SMILES string of the molecule is Cc1cccc(/C=C(\CCC(=O)O)C(=O)O)c1.